The Morgan fingerprint density at radius 3 is 1.39 bits per heavy atom. The van der Waals surface area contributed by atoms with E-state index in [2.05, 4.69) is 35.1 Å². The number of hydrogen-bond acceptors (Lipinski definition) is 4. The maximum absolute atomic E-state index is 12.6. The number of aryl methyl sites for hydroxylation is 2. The summed E-state index contributed by atoms with van der Waals surface area (Å²) in [5, 5.41) is 2.26. The van der Waals surface area contributed by atoms with Crippen LogP contribution in [0.25, 0.3) is 32.8 Å². The Labute approximate surface area is 225 Å². The van der Waals surface area contributed by atoms with E-state index in [1.165, 1.54) is 36.7 Å². The van der Waals surface area contributed by atoms with Crippen LogP contribution in [0.5, 0.6) is 0 Å². The minimum Gasteiger partial charge on any atom is -0.462 e. The average molecular weight is 519 g/mol. The highest BCUT2D eigenvalue weighted by atomic mass is 16.5. The molecule has 0 atom stereocenters. The van der Waals surface area contributed by atoms with Crippen molar-refractivity contribution in [3.05, 3.63) is 47.5 Å². The van der Waals surface area contributed by atoms with E-state index in [0.717, 1.165) is 60.6 Å². The van der Waals surface area contributed by atoms with E-state index in [1.54, 1.807) is 0 Å². The van der Waals surface area contributed by atoms with E-state index >= 15 is 0 Å². The number of carbonyl (C=O) groups is 2. The Morgan fingerprint density at radius 1 is 0.605 bits per heavy atom. The van der Waals surface area contributed by atoms with E-state index in [1.807, 2.05) is 38.1 Å². The summed E-state index contributed by atoms with van der Waals surface area (Å²) < 4.78 is 15.4. The van der Waals surface area contributed by atoms with Crippen molar-refractivity contribution in [1.29, 1.82) is 0 Å². The SMILES string of the molecule is CCCCCCn1c2cc(C(=O)OCC)ccc2c2c1c1ccc(C(=O)OCC)cc1n2CCCCCC. The van der Waals surface area contributed by atoms with E-state index < -0.39 is 0 Å². The second-order valence-electron chi connectivity index (χ2n) is 10.0. The Hall–Kier alpha value is -3.28. The largest absolute Gasteiger partial charge is 0.462 e. The van der Waals surface area contributed by atoms with Crippen LogP contribution in [0.2, 0.25) is 0 Å². The van der Waals surface area contributed by atoms with Crippen LogP contribution < -0.4 is 0 Å². The molecule has 0 amide bonds. The molecular formula is C32H42N2O4. The van der Waals surface area contributed by atoms with Gasteiger partial charge in [-0.15, -0.1) is 0 Å². The molecule has 0 radical (unpaired) electrons. The number of unbranched alkanes of at least 4 members (excludes halogenated alkanes) is 6. The molecule has 204 valence electrons. The first kappa shape index (κ1) is 27.7. The number of benzene rings is 2. The first-order chi connectivity index (χ1) is 18.5. The number of ether oxygens (including phenoxy) is 2. The van der Waals surface area contributed by atoms with Crippen LogP contribution in [0.4, 0.5) is 0 Å². The first-order valence-corrected chi connectivity index (χ1v) is 14.5. The molecule has 0 aliphatic rings. The molecule has 0 unspecified atom stereocenters. The number of aromatic nitrogens is 2. The lowest BCUT2D eigenvalue weighted by atomic mass is 10.1. The van der Waals surface area contributed by atoms with Gasteiger partial charge in [-0.1, -0.05) is 52.4 Å². The molecule has 2 heterocycles. The number of rotatable bonds is 14. The lowest BCUT2D eigenvalue weighted by Gasteiger charge is -2.11. The zero-order valence-corrected chi connectivity index (χ0v) is 23.5. The van der Waals surface area contributed by atoms with E-state index in [-0.39, 0.29) is 11.9 Å². The summed E-state index contributed by atoms with van der Waals surface area (Å²) in [4.78, 5) is 25.2. The second kappa shape index (κ2) is 13.0. The van der Waals surface area contributed by atoms with Gasteiger partial charge in [-0.05, 0) is 63.1 Å². The first-order valence-electron chi connectivity index (χ1n) is 14.5. The quantitative estimate of drug-likeness (QED) is 0.124. The highest BCUT2D eigenvalue weighted by Crippen LogP contribution is 2.38. The lowest BCUT2D eigenvalue weighted by molar-refractivity contribution is 0.0517. The van der Waals surface area contributed by atoms with Gasteiger partial charge in [0.2, 0.25) is 0 Å². The molecule has 4 aromatic rings. The highest BCUT2D eigenvalue weighted by Gasteiger charge is 2.22. The van der Waals surface area contributed by atoms with Crippen LogP contribution in [0.3, 0.4) is 0 Å². The molecule has 2 aromatic heterocycles. The van der Waals surface area contributed by atoms with Crippen molar-refractivity contribution in [2.75, 3.05) is 13.2 Å². The molecule has 4 rings (SSSR count). The molecule has 0 spiro atoms. The summed E-state index contributed by atoms with van der Waals surface area (Å²) in [5.74, 6) is -0.576. The number of hydrogen-bond donors (Lipinski definition) is 0. The van der Waals surface area contributed by atoms with Crippen LogP contribution in [-0.2, 0) is 22.6 Å². The Bertz CT molecular complexity index is 1300. The normalized spacial score (nSPS) is 11.6. The lowest BCUT2D eigenvalue weighted by Crippen LogP contribution is -2.06. The van der Waals surface area contributed by atoms with Crippen molar-refractivity contribution < 1.29 is 19.1 Å². The van der Waals surface area contributed by atoms with Crippen molar-refractivity contribution in [1.82, 2.24) is 9.13 Å². The molecule has 2 aromatic carbocycles. The van der Waals surface area contributed by atoms with E-state index in [9.17, 15) is 9.59 Å². The van der Waals surface area contributed by atoms with Gasteiger partial charge in [0.25, 0.3) is 0 Å². The number of esters is 2. The van der Waals surface area contributed by atoms with Crippen molar-refractivity contribution in [2.45, 2.75) is 92.2 Å². The minimum absolute atomic E-state index is 0.288. The summed E-state index contributed by atoms with van der Waals surface area (Å²) in [5.41, 5.74) is 5.65. The fourth-order valence-electron chi connectivity index (χ4n) is 5.49. The molecule has 0 fully saturated rings. The Kier molecular flexibility index (Phi) is 9.48. The molecule has 6 nitrogen and oxygen atoms in total. The highest BCUT2D eigenvalue weighted by molar-refractivity contribution is 6.19. The van der Waals surface area contributed by atoms with Crippen LogP contribution >= 0.6 is 0 Å². The maximum Gasteiger partial charge on any atom is 0.338 e. The molecule has 0 aliphatic heterocycles. The van der Waals surface area contributed by atoms with Crippen molar-refractivity contribution in [3.8, 4) is 0 Å². The molecule has 0 bridgehead atoms. The summed E-state index contributed by atoms with van der Waals surface area (Å²) >= 11 is 0. The third-order valence-corrected chi connectivity index (χ3v) is 7.34. The Balaban J connectivity index is 1.95. The number of carbonyl (C=O) groups excluding carboxylic acids is 2. The third kappa shape index (κ3) is 5.59. The smallest absolute Gasteiger partial charge is 0.338 e. The fraction of sp³-hybridized carbons (Fsp3) is 0.500. The van der Waals surface area contributed by atoms with Crippen molar-refractivity contribution in [2.24, 2.45) is 0 Å². The molecule has 0 N–H and O–H groups in total. The van der Waals surface area contributed by atoms with Gasteiger partial charge >= 0.3 is 11.9 Å². The number of fused-ring (bicyclic) bond motifs is 5. The molecule has 0 saturated carbocycles. The van der Waals surface area contributed by atoms with Crippen molar-refractivity contribution >= 4 is 44.8 Å². The standard InChI is InChI=1S/C32H42N2O4/c1-5-9-11-13-19-33-27-21-23(31(35)37-7-3)15-17-25(27)30-29(33)26-18-16-24(32(36)38-8-4)22-28(26)34(30)20-14-12-10-6-2/h15-18,21-22H,5-14,19-20H2,1-4H3. The minimum atomic E-state index is -0.288. The summed E-state index contributed by atoms with van der Waals surface area (Å²) in [7, 11) is 0. The molecule has 0 aliphatic carbocycles. The van der Waals surface area contributed by atoms with Crippen molar-refractivity contribution in [3.63, 3.8) is 0 Å². The van der Waals surface area contributed by atoms with Crippen LogP contribution in [0.15, 0.2) is 36.4 Å². The number of nitrogens with zero attached hydrogens (tertiary/aromatic N) is 2. The third-order valence-electron chi connectivity index (χ3n) is 7.34. The zero-order valence-electron chi connectivity index (χ0n) is 23.5. The van der Waals surface area contributed by atoms with E-state index in [0.29, 0.717) is 24.3 Å². The summed E-state index contributed by atoms with van der Waals surface area (Å²) in [6, 6.07) is 11.9. The summed E-state index contributed by atoms with van der Waals surface area (Å²) in [6.45, 7) is 10.6. The average Bonchev–Trinajstić information content (AvgIpc) is 3.41. The predicted octanol–water partition coefficient (Wildman–Crippen LogP) is 8.26. The van der Waals surface area contributed by atoms with E-state index in [4.69, 9.17) is 9.47 Å². The van der Waals surface area contributed by atoms with Gasteiger partial charge in [0.05, 0.1) is 46.4 Å². The van der Waals surface area contributed by atoms with Crippen LogP contribution in [0, 0.1) is 0 Å². The molecule has 38 heavy (non-hydrogen) atoms. The Morgan fingerprint density at radius 2 is 1.03 bits per heavy atom. The van der Waals surface area contributed by atoms with Crippen LogP contribution in [-0.4, -0.2) is 34.3 Å². The van der Waals surface area contributed by atoms with Gasteiger partial charge in [-0.2, -0.15) is 0 Å². The van der Waals surface area contributed by atoms with Gasteiger partial charge in [0.15, 0.2) is 0 Å². The van der Waals surface area contributed by atoms with Crippen LogP contribution in [0.1, 0.15) is 99.8 Å². The predicted molar refractivity (Wildman–Crippen MR) is 155 cm³/mol. The zero-order chi connectivity index (χ0) is 27.1. The molecular weight excluding hydrogens is 476 g/mol. The van der Waals surface area contributed by atoms with Gasteiger partial charge < -0.3 is 18.6 Å². The monoisotopic (exact) mass is 518 g/mol. The fourth-order valence-corrected chi connectivity index (χ4v) is 5.49. The second-order valence-corrected chi connectivity index (χ2v) is 10.0. The molecule has 0 saturated heterocycles. The van der Waals surface area contributed by atoms with Gasteiger partial charge in [-0.25, -0.2) is 9.59 Å². The molecule has 6 heteroatoms. The topological polar surface area (TPSA) is 62.5 Å². The van der Waals surface area contributed by atoms with Gasteiger partial charge in [0, 0.05) is 23.9 Å². The summed E-state index contributed by atoms with van der Waals surface area (Å²) in [6.07, 6.45) is 9.25. The maximum atomic E-state index is 12.6. The van der Waals surface area contributed by atoms with Gasteiger partial charge in [-0.3, -0.25) is 0 Å². The van der Waals surface area contributed by atoms with Gasteiger partial charge in [0.1, 0.15) is 0 Å².